The second kappa shape index (κ2) is 5.53. The van der Waals surface area contributed by atoms with Crippen molar-refractivity contribution in [1.82, 2.24) is 0 Å². The van der Waals surface area contributed by atoms with Gasteiger partial charge in [-0.25, -0.2) is 0 Å². The van der Waals surface area contributed by atoms with Crippen LogP contribution < -0.4 is 4.74 Å². The number of para-hydroxylation sites is 1. The Morgan fingerprint density at radius 1 is 1.25 bits per heavy atom. The molecule has 0 bridgehead atoms. The number of benzene rings is 1. The fraction of sp³-hybridized carbons (Fsp3) is 0.462. The van der Waals surface area contributed by atoms with Crippen molar-refractivity contribution in [1.29, 1.82) is 5.26 Å². The maximum atomic E-state index is 8.84. The van der Waals surface area contributed by atoms with Crippen molar-refractivity contribution < 1.29 is 9.47 Å². The molecule has 3 nitrogen and oxygen atoms in total. The minimum Gasteiger partial charge on any atom is -0.490 e. The predicted octanol–water partition coefficient (Wildman–Crippen LogP) is 2.36. The van der Waals surface area contributed by atoms with Gasteiger partial charge in [-0.2, -0.15) is 5.26 Å². The van der Waals surface area contributed by atoms with Gasteiger partial charge >= 0.3 is 0 Å². The van der Waals surface area contributed by atoms with Gasteiger partial charge in [0, 0.05) is 6.61 Å². The summed E-state index contributed by atoms with van der Waals surface area (Å²) in [7, 11) is 0. The number of nitriles is 1. The van der Waals surface area contributed by atoms with E-state index in [0.29, 0.717) is 24.5 Å². The highest BCUT2D eigenvalue weighted by Crippen LogP contribution is 2.28. The molecule has 0 N–H and O–H groups in total. The zero-order valence-electron chi connectivity index (χ0n) is 9.19. The van der Waals surface area contributed by atoms with Gasteiger partial charge in [0.25, 0.3) is 0 Å². The summed E-state index contributed by atoms with van der Waals surface area (Å²) in [5, 5.41) is 8.84. The first kappa shape index (κ1) is 11.0. The van der Waals surface area contributed by atoms with Crippen LogP contribution in [0.2, 0.25) is 0 Å². The lowest BCUT2D eigenvalue weighted by Gasteiger charge is -2.07. The van der Waals surface area contributed by atoms with Gasteiger partial charge in [-0.15, -0.1) is 0 Å². The van der Waals surface area contributed by atoms with Crippen LogP contribution in [-0.2, 0) is 4.74 Å². The quantitative estimate of drug-likeness (QED) is 0.687. The summed E-state index contributed by atoms with van der Waals surface area (Å²) >= 11 is 0. The lowest BCUT2D eigenvalue weighted by Crippen LogP contribution is -2.08. The van der Waals surface area contributed by atoms with Crippen LogP contribution in [0.5, 0.6) is 5.75 Å². The van der Waals surface area contributed by atoms with Crippen molar-refractivity contribution in [2.75, 3.05) is 19.8 Å². The summed E-state index contributed by atoms with van der Waals surface area (Å²) in [5.41, 5.74) is 0.574. The topological polar surface area (TPSA) is 42.2 Å². The van der Waals surface area contributed by atoms with E-state index in [0.717, 1.165) is 12.5 Å². The summed E-state index contributed by atoms with van der Waals surface area (Å²) < 4.78 is 10.9. The number of nitrogens with zero attached hydrogens (tertiary/aromatic N) is 1. The van der Waals surface area contributed by atoms with Crippen LogP contribution in [0, 0.1) is 17.2 Å². The Balaban J connectivity index is 1.69. The van der Waals surface area contributed by atoms with Gasteiger partial charge in [-0.3, -0.25) is 0 Å². The van der Waals surface area contributed by atoms with Crippen molar-refractivity contribution in [3.63, 3.8) is 0 Å². The van der Waals surface area contributed by atoms with Crippen LogP contribution in [0.1, 0.15) is 18.4 Å². The van der Waals surface area contributed by atoms with Gasteiger partial charge in [-0.05, 0) is 30.9 Å². The van der Waals surface area contributed by atoms with Crippen molar-refractivity contribution in [2.24, 2.45) is 5.92 Å². The SMILES string of the molecule is N#Cc1ccccc1OCCOCC1CC1. The van der Waals surface area contributed by atoms with E-state index in [1.165, 1.54) is 12.8 Å². The molecule has 0 aromatic heterocycles. The monoisotopic (exact) mass is 217 g/mol. The van der Waals surface area contributed by atoms with E-state index in [9.17, 15) is 0 Å². The van der Waals surface area contributed by atoms with Crippen molar-refractivity contribution in [3.05, 3.63) is 29.8 Å². The summed E-state index contributed by atoms with van der Waals surface area (Å²) in [6.45, 7) is 1.95. The van der Waals surface area contributed by atoms with Crippen molar-refractivity contribution in [3.8, 4) is 11.8 Å². The molecule has 2 rings (SSSR count). The molecule has 0 spiro atoms. The van der Waals surface area contributed by atoms with E-state index in [-0.39, 0.29) is 0 Å². The molecule has 0 heterocycles. The van der Waals surface area contributed by atoms with Gasteiger partial charge in [0.05, 0.1) is 12.2 Å². The van der Waals surface area contributed by atoms with E-state index >= 15 is 0 Å². The molecule has 1 aromatic carbocycles. The average Bonchev–Trinajstić information content (AvgIpc) is 3.13. The van der Waals surface area contributed by atoms with Crippen molar-refractivity contribution in [2.45, 2.75) is 12.8 Å². The van der Waals surface area contributed by atoms with Gasteiger partial charge in [0.15, 0.2) is 0 Å². The van der Waals surface area contributed by atoms with Gasteiger partial charge in [-0.1, -0.05) is 12.1 Å². The standard InChI is InChI=1S/C13H15NO2/c14-9-12-3-1-2-4-13(12)16-8-7-15-10-11-5-6-11/h1-4,11H,5-8,10H2. The Labute approximate surface area is 95.6 Å². The van der Waals surface area contributed by atoms with Gasteiger partial charge < -0.3 is 9.47 Å². The lowest BCUT2D eigenvalue weighted by atomic mass is 10.2. The van der Waals surface area contributed by atoms with Crippen LogP contribution >= 0.6 is 0 Å². The Morgan fingerprint density at radius 3 is 2.81 bits per heavy atom. The Bertz CT molecular complexity index is 380. The highest BCUT2D eigenvalue weighted by atomic mass is 16.5. The highest BCUT2D eigenvalue weighted by molar-refractivity contribution is 5.42. The Kier molecular flexibility index (Phi) is 3.79. The third kappa shape index (κ3) is 3.25. The molecule has 0 unspecified atom stereocenters. The number of rotatable bonds is 6. The summed E-state index contributed by atoms with van der Waals surface area (Å²) in [6.07, 6.45) is 2.61. The number of hydrogen-bond donors (Lipinski definition) is 0. The Hall–Kier alpha value is -1.53. The molecule has 1 aliphatic rings. The molecule has 1 saturated carbocycles. The third-order valence-electron chi connectivity index (χ3n) is 2.54. The predicted molar refractivity (Wildman–Crippen MR) is 60.2 cm³/mol. The van der Waals surface area contributed by atoms with E-state index in [1.807, 2.05) is 12.1 Å². The Morgan fingerprint density at radius 2 is 2.06 bits per heavy atom. The largest absolute Gasteiger partial charge is 0.490 e. The average molecular weight is 217 g/mol. The van der Waals surface area contributed by atoms with E-state index < -0.39 is 0 Å². The third-order valence-corrected chi connectivity index (χ3v) is 2.54. The molecule has 0 atom stereocenters. The number of hydrogen-bond acceptors (Lipinski definition) is 3. The molecule has 0 aliphatic heterocycles. The first-order valence-corrected chi connectivity index (χ1v) is 5.60. The maximum absolute atomic E-state index is 8.84. The molecule has 0 saturated heterocycles. The number of ether oxygens (including phenoxy) is 2. The molecular weight excluding hydrogens is 202 g/mol. The van der Waals surface area contributed by atoms with Gasteiger partial charge in [0.1, 0.15) is 18.4 Å². The van der Waals surface area contributed by atoms with Crippen LogP contribution in [0.3, 0.4) is 0 Å². The summed E-state index contributed by atoms with van der Waals surface area (Å²) in [4.78, 5) is 0. The summed E-state index contributed by atoms with van der Waals surface area (Å²) in [5.74, 6) is 1.42. The minimum atomic E-state index is 0.505. The second-order valence-electron chi connectivity index (χ2n) is 3.97. The fourth-order valence-corrected chi connectivity index (χ4v) is 1.43. The van der Waals surface area contributed by atoms with E-state index in [1.54, 1.807) is 12.1 Å². The maximum Gasteiger partial charge on any atom is 0.137 e. The van der Waals surface area contributed by atoms with Crippen LogP contribution in [0.15, 0.2) is 24.3 Å². The minimum absolute atomic E-state index is 0.505. The molecule has 1 aromatic rings. The summed E-state index contributed by atoms with van der Waals surface area (Å²) in [6, 6.07) is 9.34. The smallest absolute Gasteiger partial charge is 0.137 e. The molecule has 0 radical (unpaired) electrons. The van der Waals surface area contributed by atoms with E-state index in [2.05, 4.69) is 6.07 Å². The van der Waals surface area contributed by atoms with E-state index in [4.69, 9.17) is 14.7 Å². The first-order chi connectivity index (χ1) is 7.90. The molecule has 16 heavy (non-hydrogen) atoms. The molecular formula is C13H15NO2. The molecule has 3 heteroatoms. The van der Waals surface area contributed by atoms with Crippen LogP contribution in [-0.4, -0.2) is 19.8 Å². The molecule has 1 fully saturated rings. The second-order valence-corrected chi connectivity index (χ2v) is 3.97. The lowest BCUT2D eigenvalue weighted by molar-refractivity contribution is 0.0926. The first-order valence-electron chi connectivity index (χ1n) is 5.60. The fourth-order valence-electron chi connectivity index (χ4n) is 1.43. The normalized spacial score (nSPS) is 14.4. The molecule has 1 aliphatic carbocycles. The molecule has 84 valence electrons. The zero-order valence-corrected chi connectivity index (χ0v) is 9.19. The van der Waals surface area contributed by atoms with Crippen LogP contribution in [0.4, 0.5) is 0 Å². The zero-order chi connectivity index (χ0) is 11.2. The van der Waals surface area contributed by atoms with Gasteiger partial charge in [0.2, 0.25) is 0 Å². The highest BCUT2D eigenvalue weighted by Gasteiger charge is 2.20. The van der Waals surface area contributed by atoms with Crippen molar-refractivity contribution >= 4 is 0 Å². The van der Waals surface area contributed by atoms with Crippen LogP contribution in [0.25, 0.3) is 0 Å². The molecule has 0 amide bonds.